The first-order chi connectivity index (χ1) is 15.0. The third-order valence-electron chi connectivity index (χ3n) is 4.94. The summed E-state index contributed by atoms with van der Waals surface area (Å²) in [6, 6.07) is 5.35. The molecule has 1 amide bonds. The summed E-state index contributed by atoms with van der Waals surface area (Å²) in [6.07, 6.45) is 1.50. The number of aromatic nitrogens is 2. The molecule has 0 bridgehead atoms. The molecule has 1 aromatic carbocycles. The van der Waals surface area contributed by atoms with Gasteiger partial charge in [0.25, 0.3) is 0 Å². The number of benzene rings is 1. The van der Waals surface area contributed by atoms with Crippen LogP contribution in [0.25, 0.3) is 0 Å². The van der Waals surface area contributed by atoms with Crippen LogP contribution in [0.4, 0.5) is 4.39 Å². The molecular formula is C22H33FN4O4S. The molecular weight excluding hydrogens is 435 g/mol. The fourth-order valence-electron chi connectivity index (χ4n) is 3.20. The van der Waals surface area contributed by atoms with Gasteiger partial charge >= 0.3 is 0 Å². The quantitative estimate of drug-likeness (QED) is 0.475. The van der Waals surface area contributed by atoms with Crippen molar-refractivity contribution in [3.05, 3.63) is 47.5 Å². The highest BCUT2D eigenvalue weighted by atomic mass is 32.2. The van der Waals surface area contributed by atoms with Crippen molar-refractivity contribution >= 4 is 15.7 Å². The molecule has 1 heterocycles. The van der Waals surface area contributed by atoms with Crippen LogP contribution in [0.3, 0.4) is 0 Å². The molecule has 0 atom stereocenters. The number of nitrogens with zero attached hydrogens (tertiary/aromatic N) is 4. The number of rotatable bonds is 12. The van der Waals surface area contributed by atoms with Gasteiger partial charge in [0.05, 0.1) is 30.8 Å². The Morgan fingerprint density at radius 3 is 2.41 bits per heavy atom. The molecule has 0 saturated carbocycles. The van der Waals surface area contributed by atoms with E-state index in [1.54, 1.807) is 9.47 Å². The normalized spacial score (nSPS) is 12.0. The van der Waals surface area contributed by atoms with E-state index >= 15 is 0 Å². The lowest BCUT2D eigenvalue weighted by Gasteiger charge is -2.26. The first-order valence-electron chi connectivity index (χ1n) is 10.5. The Morgan fingerprint density at radius 1 is 1.19 bits per heavy atom. The lowest BCUT2D eigenvalue weighted by Crippen LogP contribution is -2.39. The third kappa shape index (κ3) is 7.11. The predicted octanol–water partition coefficient (Wildman–Crippen LogP) is 2.19. The summed E-state index contributed by atoms with van der Waals surface area (Å²) in [6.45, 7) is 5.68. The van der Waals surface area contributed by atoms with Gasteiger partial charge in [-0.25, -0.2) is 17.8 Å². The standard InChI is InChI=1S/C22H33FN4O4S/c1-17(2)21(28)26(11-10-25(3)4)15-20-14-24-22(27(20)12-13-31-5)32(29,30)16-18-6-8-19(23)9-7-18/h6-9,14,17H,10-13,15-16H2,1-5H3. The maximum Gasteiger partial charge on any atom is 0.228 e. The Labute approximate surface area is 189 Å². The molecule has 2 rings (SSSR count). The summed E-state index contributed by atoms with van der Waals surface area (Å²) < 4.78 is 46.2. The molecule has 0 spiro atoms. The highest BCUT2D eigenvalue weighted by Crippen LogP contribution is 2.20. The largest absolute Gasteiger partial charge is 0.383 e. The zero-order valence-corrected chi connectivity index (χ0v) is 20.2. The predicted molar refractivity (Wildman–Crippen MR) is 120 cm³/mol. The zero-order chi connectivity index (χ0) is 23.9. The minimum Gasteiger partial charge on any atom is -0.383 e. The van der Waals surface area contributed by atoms with E-state index in [1.165, 1.54) is 37.6 Å². The zero-order valence-electron chi connectivity index (χ0n) is 19.4. The Morgan fingerprint density at radius 2 is 1.84 bits per heavy atom. The number of amides is 1. The van der Waals surface area contributed by atoms with Crippen molar-refractivity contribution in [3.8, 4) is 0 Å². The van der Waals surface area contributed by atoms with Crippen molar-refractivity contribution in [2.45, 2.75) is 37.8 Å². The average Bonchev–Trinajstić information content (AvgIpc) is 3.13. The number of carbonyl (C=O) groups is 1. The number of hydrogen-bond donors (Lipinski definition) is 0. The second-order valence-electron chi connectivity index (χ2n) is 8.28. The molecule has 0 unspecified atom stereocenters. The molecule has 0 aliphatic heterocycles. The van der Waals surface area contributed by atoms with E-state index in [-0.39, 0.29) is 42.4 Å². The van der Waals surface area contributed by atoms with E-state index in [0.29, 0.717) is 24.3 Å². The second kappa shape index (κ2) is 11.5. The third-order valence-corrected chi connectivity index (χ3v) is 6.54. The van der Waals surface area contributed by atoms with Crippen molar-refractivity contribution in [1.82, 2.24) is 19.4 Å². The Kier molecular flexibility index (Phi) is 9.35. The number of carbonyl (C=O) groups excluding carboxylic acids is 1. The minimum atomic E-state index is -3.80. The summed E-state index contributed by atoms with van der Waals surface area (Å²) in [5.74, 6) is -0.926. The summed E-state index contributed by atoms with van der Waals surface area (Å²) in [5.41, 5.74) is 1.09. The molecule has 178 valence electrons. The maximum absolute atomic E-state index is 13.2. The van der Waals surface area contributed by atoms with Crippen LogP contribution in [0.5, 0.6) is 0 Å². The summed E-state index contributed by atoms with van der Waals surface area (Å²) >= 11 is 0. The van der Waals surface area contributed by atoms with E-state index in [2.05, 4.69) is 4.98 Å². The van der Waals surface area contributed by atoms with Crippen molar-refractivity contribution < 1.29 is 22.3 Å². The van der Waals surface area contributed by atoms with E-state index < -0.39 is 15.7 Å². The van der Waals surface area contributed by atoms with E-state index in [1.807, 2.05) is 32.8 Å². The maximum atomic E-state index is 13.2. The van der Waals surface area contributed by atoms with Crippen LogP contribution in [0.2, 0.25) is 0 Å². The van der Waals surface area contributed by atoms with Gasteiger partial charge in [-0.3, -0.25) is 4.79 Å². The van der Waals surface area contributed by atoms with E-state index in [9.17, 15) is 17.6 Å². The average molecular weight is 469 g/mol. The monoisotopic (exact) mass is 468 g/mol. The molecule has 0 aliphatic rings. The fraction of sp³-hybridized carbons (Fsp3) is 0.545. The fourth-order valence-corrected chi connectivity index (χ4v) is 4.72. The smallest absolute Gasteiger partial charge is 0.228 e. The number of sulfone groups is 1. The highest BCUT2D eigenvalue weighted by molar-refractivity contribution is 7.90. The van der Waals surface area contributed by atoms with Crippen molar-refractivity contribution in [2.75, 3.05) is 40.9 Å². The number of halogens is 1. The lowest BCUT2D eigenvalue weighted by molar-refractivity contribution is -0.135. The van der Waals surface area contributed by atoms with Crippen molar-refractivity contribution in [2.24, 2.45) is 5.92 Å². The van der Waals surface area contributed by atoms with E-state index in [4.69, 9.17) is 4.74 Å². The van der Waals surface area contributed by atoms with Crippen LogP contribution in [0, 0.1) is 11.7 Å². The van der Waals surface area contributed by atoms with Gasteiger partial charge in [0, 0.05) is 32.7 Å². The van der Waals surface area contributed by atoms with Crippen LogP contribution in [-0.2, 0) is 38.2 Å². The highest BCUT2D eigenvalue weighted by Gasteiger charge is 2.26. The number of likely N-dealkylation sites (N-methyl/N-ethyl adjacent to an activating group) is 1. The van der Waals surface area contributed by atoms with Crippen molar-refractivity contribution in [1.29, 1.82) is 0 Å². The molecule has 1 aromatic heterocycles. The van der Waals surface area contributed by atoms with Crippen LogP contribution in [0.15, 0.2) is 35.6 Å². The van der Waals surface area contributed by atoms with Gasteiger partial charge in [-0.1, -0.05) is 26.0 Å². The first kappa shape index (κ1) is 26.0. The van der Waals surface area contributed by atoms with Crippen LogP contribution in [-0.4, -0.2) is 74.6 Å². The molecule has 0 radical (unpaired) electrons. The van der Waals surface area contributed by atoms with Gasteiger partial charge in [0.15, 0.2) is 0 Å². The Hall–Kier alpha value is -2.30. The van der Waals surface area contributed by atoms with Gasteiger partial charge in [0.2, 0.25) is 20.9 Å². The topological polar surface area (TPSA) is 84.7 Å². The van der Waals surface area contributed by atoms with Crippen LogP contribution < -0.4 is 0 Å². The van der Waals surface area contributed by atoms with Crippen LogP contribution >= 0.6 is 0 Å². The molecule has 0 aliphatic carbocycles. The van der Waals surface area contributed by atoms with Gasteiger partial charge in [-0.2, -0.15) is 0 Å². The SMILES string of the molecule is COCCn1c(CN(CCN(C)C)C(=O)C(C)C)cnc1S(=O)(=O)Cc1ccc(F)cc1. The minimum absolute atomic E-state index is 0.0120. The first-order valence-corrected chi connectivity index (χ1v) is 12.1. The van der Waals surface area contributed by atoms with Gasteiger partial charge < -0.3 is 19.1 Å². The summed E-state index contributed by atoms with van der Waals surface area (Å²) in [7, 11) is 1.60. The Bertz CT molecular complexity index is 988. The number of imidazole rings is 1. The van der Waals surface area contributed by atoms with Gasteiger partial charge in [-0.15, -0.1) is 0 Å². The number of ether oxygens (including phenoxy) is 1. The Balaban J connectivity index is 2.36. The lowest BCUT2D eigenvalue weighted by atomic mass is 10.2. The molecule has 32 heavy (non-hydrogen) atoms. The number of methoxy groups -OCH3 is 1. The molecule has 0 saturated heterocycles. The summed E-state index contributed by atoms with van der Waals surface area (Å²) in [4.78, 5) is 20.7. The molecule has 10 heteroatoms. The molecule has 0 N–H and O–H groups in total. The van der Waals surface area contributed by atoms with Crippen molar-refractivity contribution in [3.63, 3.8) is 0 Å². The van der Waals surface area contributed by atoms with E-state index in [0.717, 1.165) is 0 Å². The second-order valence-corrected chi connectivity index (χ2v) is 10.2. The summed E-state index contributed by atoms with van der Waals surface area (Å²) in [5, 5.41) is -0.0848. The molecule has 8 nitrogen and oxygen atoms in total. The van der Waals surface area contributed by atoms with Crippen LogP contribution in [0.1, 0.15) is 25.1 Å². The number of hydrogen-bond acceptors (Lipinski definition) is 6. The van der Waals surface area contributed by atoms with Gasteiger partial charge in [-0.05, 0) is 31.8 Å². The molecule has 2 aromatic rings. The molecule has 0 fully saturated rings. The van der Waals surface area contributed by atoms with Gasteiger partial charge in [0.1, 0.15) is 5.82 Å².